The lowest BCUT2D eigenvalue weighted by atomic mass is 10.7. The van der Waals surface area contributed by atoms with Gasteiger partial charge in [0.25, 0.3) is 5.92 Å². The summed E-state index contributed by atoms with van der Waals surface area (Å²) >= 11 is 5.20. The van der Waals surface area contributed by atoms with Crippen molar-refractivity contribution in [3.05, 3.63) is 0 Å². The summed E-state index contributed by atoms with van der Waals surface area (Å²) in [4.78, 5) is 0. The second-order valence-electron chi connectivity index (χ2n) is 2.01. The van der Waals surface area contributed by atoms with Crippen molar-refractivity contribution in [1.29, 1.82) is 0 Å². The van der Waals surface area contributed by atoms with E-state index in [0.29, 0.717) is 0 Å². The fourth-order valence-electron chi connectivity index (χ4n) is 0.556. The van der Waals surface area contributed by atoms with Crippen LogP contribution in [0.25, 0.3) is 0 Å². The van der Waals surface area contributed by atoms with Crippen molar-refractivity contribution < 1.29 is 13.5 Å². The number of rotatable bonds is 3. The van der Waals surface area contributed by atoms with Crippen LogP contribution in [0.2, 0.25) is 0 Å². The van der Waals surface area contributed by atoms with Crippen molar-refractivity contribution in [2.45, 2.75) is 18.4 Å². The molecule has 1 rings (SSSR count). The Morgan fingerprint density at radius 2 is 2.22 bits per heavy atom. The molecule has 4 heteroatoms. The number of alkyl halides is 3. The molecule has 0 N–H and O–H groups in total. The molecule has 0 spiro atoms. The van der Waals surface area contributed by atoms with E-state index in [1.807, 2.05) is 0 Å². The lowest BCUT2D eigenvalue weighted by Gasteiger charge is -1.96. The van der Waals surface area contributed by atoms with E-state index in [4.69, 9.17) is 11.6 Å². The molecule has 0 radical (unpaired) electrons. The van der Waals surface area contributed by atoms with Gasteiger partial charge in [-0.1, -0.05) is 0 Å². The second-order valence-corrected chi connectivity index (χ2v) is 2.39. The summed E-state index contributed by atoms with van der Waals surface area (Å²) in [5, 5.41) is 0. The zero-order valence-corrected chi connectivity index (χ0v) is 5.50. The lowest BCUT2D eigenvalue weighted by Crippen LogP contribution is -2.05. The number of ether oxygens (including phenoxy) is 1. The maximum absolute atomic E-state index is 12.0. The van der Waals surface area contributed by atoms with E-state index in [1.165, 1.54) is 0 Å². The molecule has 9 heavy (non-hydrogen) atoms. The minimum atomic E-state index is -2.56. The number of hydrogen-bond donors (Lipinski definition) is 0. The van der Waals surface area contributed by atoms with Gasteiger partial charge < -0.3 is 4.74 Å². The van der Waals surface area contributed by atoms with Gasteiger partial charge in [0.2, 0.25) is 0 Å². The molecule has 0 amide bonds. The highest BCUT2D eigenvalue weighted by molar-refractivity contribution is 6.17. The van der Waals surface area contributed by atoms with Crippen LogP contribution < -0.4 is 0 Å². The lowest BCUT2D eigenvalue weighted by molar-refractivity contribution is 0.0187. The van der Waals surface area contributed by atoms with Crippen LogP contribution in [0.1, 0.15) is 6.42 Å². The molecule has 1 nitrogen and oxygen atoms in total. The maximum atomic E-state index is 12.0. The molecule has 1 fully saturated rings. The molecule has 0 unspecified atom stereocenters. The van der Waals surface area contributed by atoms with Gasteiger partial charge in [-0.15, -0.1) is 11.6 Å². The third-order valence-corrected chi connectivity index (χ3v) is 1.32. The number of hydrogen-bond acceptors (Lipinski definition) is 1. The van der Waals surface area contributed by atoms with Crippen LogP contribution in [-0.2, 0) is 4.74 Å². The van der Waals surface area contributed by atoms with Gasteiger partial charge >= 0.3 is 0 Å². The first kappa shape index (κ1) is 7.22. The zero-order valence-electron chi connectivity index (χ0n) is 4.74. The summed E-state index contributed by atoms with van der Waals surface area (Å²) in [6.07, 6.45) is -0.986. The molecular weight excluding hydrogens is 150 g/mol. The van der Waals surface area contributed by atoms with Crippen LogP contribution >= 0.6 is 11.6 Å². The molecule has 1 atom stereocenters. The molecule has 0 aromatic carbocycles. The summed E-state index contributed by atoms with van der Waals surface area (Å²) in [6.45, 7) is 0.224. The molecule has 0 aromatic rings. The SMILES string of the molecule is FC1(F)C[C@@H]1OCCCl. The smallest absolute Gasteiger partial charge is 0.276 e. The Balaban J connectivity index is 2.06. The Hall–Kier alpha value is 0.110. The average molecular weight is 157 g/mol. The minimum Gasteiger partial charge on any atom is -0.370 e. The summed E-state index contributed by atoms with van der Waals surface area (Å²) in [5.41, 5.74) is 0. The Bertz CT molecular complexity index is 107. The van der Waals surface area contributed by atoms with Gasteiger partial charge in [0.15, 0.2) is 0 Å². The van der Waals surface area contributed by atoms with Gasteiger partial charge in [0.05, 0.1) is 6.61 Å². The van der Waals surface area contributed by atoms with Gasteiger partial charge in [0, 0.05) is 12.3 Å². The molecule has 1 aliphatic rings. The quantitative estimate of drug-likeness (QED) is 0.565. The molecule has 0 aliphatic heterocycles. The van der Waals surface area contributed by atoms with Gasteiger partial charge in [0.1, 0.15) is 6.10 Å². The van der Waals surface area contributed by atoms with Crippen LogP contribution in [0.5, 0.6) is 0 Å². The summed E-state index contributed by atoms with van der Waals surface area (Å²) < 4.78 is 28.5. The average Bonchev–Trinajstić information content (AvgIpc) is 2.35. The predicted octanol–water partition coefficient (Wildman–Crippen LogP) is 1.65. The van der Waals surface area contributed by atoms with E-state index in [0.717, 1.165) is 0 Å². The first-order valence-corrected chi connectivity index (χ1v) is 3.25. The van der Waals surface area contributed by atoms with Crippen molar-refractivity contribution in [3.63, 3.8) is 0 Å². The highest BCUT2D eigenvalue weighted by Crippen LogP contribution is 2.44. The van der Waals surface area contributed by atoms with Crippen molar-refractivity contribution in [1.82, 2.24) is 0 Å². The Labute approximate surface area is 56.9 Å². The zero-order chi connectivity index (χ0) is 6.91. The van der Waals surface area contributed by atoms with Crippen molar-refractivity contribution in [3.8, 4) is 0 Å². The molecule has 54 valence electrons. The number of halogens is 3. The molecule has 0 aromatic heterocycles. The Morgan fingerprint density at radius 3 is 2.56 bits per heavy atom. The van der Waals surface area contributed by atoms with Gasteiger partial charge in [-0.3, -0.25) is 0 Å². The van der Waals surface area contributed by atoms with Gasteiger partial charge in [-0.25, -0.2) is 8.78 Å². The van der Waals surface area contributed by atoms with E-state index < -0.39 is 12.0 Å². The largest absolute Gasteiger partial charge is 0.370 e. The molecule has 1 aliphatic carbocycles. The monoisotopic (exact) mass is 156 g/mol. The van der Waals surface area contributed by atoms with Crippen LogP contribution in [0.3, 0.4) is 0 Å². The standard InChI is InChI=1S/C5H7ClF2O/c6-1-2-9-4-3-5(4,7)8/h4H,1-3H2/t4-/m0/s1. The van der Waals surface area contributed by atoms with Crippen molar-refractivity contribution in [2.75, 3.05) is 12.5 Å². The van der Waals surface area contributed by atoms with Crippen molar-refractivity contribution in [2.24, 2.45) is 0 Å². The Kier molecular flexibility index (Phi) is 1.91. The molecule has 0 saturated heterocycles. The Morgan fingerprint density at radius 1 is 1.67 bits per heavy atom. The van der Waals surface area contributed by atoms with E-state index in [9.17, 15) is 8.78 Å². The topological polar surface area (TPSA) is 9.23 Å². The highest BCUT2D eigenvalue weighted by Gasteiger charge is 2.58. The van der Waals surface area contributed by atoms with E-state index in [1.54, 1.807) is 0 Å². The molecule has 0 bridgehead atoms. The van der Waals surface area contributed by atoms with Crippen LogP contribution in [-0.4, -0.2) is 24.5 Å². The van der Waals surface area contributed by atoms with E-state index in [2.05, 4.69) is 4.74 Å². The fourth-order valence-corrected chi connectivity index (χ4v) is 0.645. The summed E-state index contributed by atoms with van der Waals surface area (Å²) in [6, 6.07) is 0. The first-order valence-electron chi connectivity index (χ1n) is 2.72. The maximum Gasteiger partial charge on any atom is 0.276 e. The minimum absolute atomic E-state index is 0.135. The highest BCUT2D eigenvalue weighted by atomic mass is 35.5. The summed E-state index contributed by atoms with van der Waals surface area (Å²) in [5.74, 6) is -2.28. The van der Waals surface area contributed by atoms with Crippen molar-refractivity contribution >= 4 is 11.6 Å². The second kappa shape index (κ2) is 2.39. The molecule has 0 heterocycles. The normalized spacial score (nSPS) is 30.3. The molecule has 1 saturated carbocycles. The van der Waals surface area contributed by atoms with E-state index in [-0.39, 0.29) is 18.9 Å². The van der Waals surface area contributed by atoms with Crippen LogP contribution in [0, 0.1) is 0 Å². The van der Waals surface area contributed by atoms with Crippen LogP contribution in [0.4, 0.5) is 8.78 Å². The van der Waals surface area contributed by atoms with Gasteiger partial charge in [-0.2, -0.15) is 0 Å². The predicted molar refractivity (Wildman–Crippen MR) is 30.0 cm³/mol. The van der Waals surface area contributed by atoms with E-state index >= 15 is 0 Å². The third kappa shape index (κ3) is 1.76. The van der Waals surface area contributed by atoms with Crippen LogP contribution in [0.15, 0.2) is 0 Å². The molecular formula is C5H7ClF2O. The summed E-state index contributed by atoms with van der Waals surface area (Å²) in [7, 11) is 0. The van der Waals surface area contributed by atoms with Gasteiger partial charge in [-0.05, 0) is 0 Å². The first-order chi connectivity index (χ1) is 4.17. The fraction of sp³-hybridized carbons (Fsp3) is 1.00. The third-order valence-electron chi connectivity index (χ3n) is 1.16.